The third-order valence-corrected chi connectivity index (χ3v) is 6.94. The first-order valence-electron chi connectivity index (χ1n) is 13.2. The summed E-state index contributed by atoms with van der Waals surface area (Å²) < 4.78 is 19.6. The monoisotopic (exact) mass is 536 g/mol. The van der Waals surface area contributed by atoms with Gasteiger partial charge in [0.05, 0.1) is 35.9 Å². The average molecular weight is 537 g/mol. The molecule has 40 heavy (non-hydrogen) atoms. The van der Waals surface area contributed by atoms with Crippen molar-refractivity contribution in [1.82, 2.24) is 25.1 Å². The third-order valence-electron chi connectivity index (χ3n) is 6.94. The molecule has 0 fully saturated rings. The van der Waals surface area contributed by atoms with Crippen LogP contribution in [0.5, 0.6) is 5.75 Å². The van der Waals surface area contributed by atoms with E-state index in [4.69, 9.17) is 9.72 Å². The Morgan fingerprint density at radius 3 is 2.77 bits per heavy atom. The number of halogens is 1. The number of aliphatic hydroxyl groups is 1. The SMILES string of the molecule is CCCCC(O)Nc1cncc(-c2ccc3[nH]nc(-c4cc5c(-c6cc(F)cc(OC)c6)cccc5[nH]4)c3n2)c1. The van der Waals surface area contributed by atoms with Gasteiger partial charge < -0.3 is 20.1 Å². The van der Waals surface area contributed by atoms with E-state index in [1.165, 1.54) is 19.2 Å². The van der Waals surface area contributed by atoms with Crippen molar-refractivity contribution in [2.24, 2.45) is 0 Å². The van der Waals surface area contributed by atoms with Gasteiger partial charge in [-0.05, 0) is 66.4 Å². The number of aromatic amines is 2. The van der Waals surface area contributed by atoms with Crippen LogP contribution in [0, 0.1) is 5.82 Å². The molecule has 1 unspecified atom stereocenters. The van der Waals surface area contributed by atoms with Gasteiger partial charge in [-0.15, -0.1) is 0 Å². The van der Waals surface area contributed by atoms with Crippen LogP contribution >= 0.6 is 0 Å². The van der Waals surface area contributed by atoms with Crippen LogP contribution in [-0.2, 0) is 0 Å². The van der Waals surface area contributed by atoms with Gasteiger partial charge in [0.1, 0.15) is 29.0 Å². The zero-order valence-electron chi connectivity index (χ0n) is 22.2. The lowest BCUT2D eigenvalue weighted by Gasteiger charge is -2.14. The summed E-state index contributed by atoms with van der Waals surface area (Å²) in [6, 6.07) is 18.4. The van der Waals surface area contributed by atoms with Crippen molar-refractivity contribution in [3.63, 3.8) is 0 Å². The van der Waals surface area contributed by atoms with Gasteiger partial charge >= 0.3 is 0 Å². The number of unbranched alkanes of at least 4 members (excludes halogenated alkanes) is 1. The first-order valence-corrected chi connectivity index (χ1v) is 13.2. The minimum atomic E-state index is -0.631. The highest BCUT2D eigenvalue weighted by Crippen LogP contribution is 2.35. The summed E-state index contributed by atoms with van der Waals surface area (Å²) in [5, 5.41) is 22.0. The Hall–Kier alpha value is -4.76. The van der Waals surface area contributed by atoms with E-state index >= 15 is 0 Å². The molecule has 4 aromatic heterocycles. The number of benzene rings is 2. The molecule has 0 radical (unpaired) electrons. The largest absolute Gasteiger partial charge is 0.497 e. The average Bonchev–Trinajstić information content (AvgIpc) is 3.59. The van der Waals surface area contributed by atoms with Gasteiger partial charge in [-0.2, -0.15) is 5.10 Å². The minimum Gasteiger partial charge on any atom is -0.497 e. The lowest BCUT2D eigenvalue weighted by atomic mass is 10.0. The Labute approximate surface area is 230 Å². The Morgan fingerprint density at radius 2 is 1.93 bits per heavy atom. The molecule has 6 rings (SSSR count). The normalized spacial score (nSPS) is 12.2. The molecular formula is C31H29FN6O2. The Morgan fingerprint density at radius 1 is 1.02 bits per heavy atom. The van der Waals surface area contributed by atoms with Crippen LogP contribution in [0.3, 0.4) is 0 Å². The first-order chi connectivity index (χ1) is 19.5. The molecule has 9 heteroatoms. The summed E-state index contributed by atoms with van der Waals surface area (Å²) in [5.41, 5.74) is 7.74. The molecule has 1 atom stereocenters. The molecule has 0 saturated carbocycles. The van der Waals surface area contributed by atoms with Crippen LogP contribution in [-0.4, -0.2) is 43.6 Å². The van der Waals surface area contributed by atoms with E-state index in [1.54, 1.807) is 12.4 Å². The number of aromatic nitrogens is 5. The summed E-state index contributed by atoms with van der Waals surface area (Å²) in [4.78, 5) is 12.7. The Kier molecular flexibility index (Phi) is 6.88. The van der Waals surface area contributed by atoms with Crippen molar-refractivity contribution in [1.29, 1.82) is 0 Å². The highest BCUT2D eigenvalue weighted by Gasteiger charge is 2.16. The van der Waals surface area contributed by atoms with Crippen molar-refractivity contribution in [2.75, 3.05) is 12.4 Å². The fraction of sp³-hybridized carbons (Fsp3) is 0.194. The fourth-order valence-corrected chi connectivity index (χ4v) is 4.94. The Balaban J connectivity index is 1.37. The maximum atomic E-state index is 14.3. The Bertz CT molecular complexity index is 1810. The van der Waals surface area contributed by atoms with Crippen molar-refractivity contribution in [3.8, 4) is 39.5 Å². The quantitative estimate of drug-likeness (QED) is 0.150. The lowest BCUT2D eigenvalue weighted by molar-refractivity contribution is 0.190. The van der Waals surface area contributed by atoms with Crippen LogP contribution < -0.4 is 10.1 Å². The summed E-state index contributed by atoms with van der Waals surface area (Å²) in [5.74, 6) is 0.100. The van der Waals surface area contributed by atoms with E-state index in [1.807, 2.05) is 48.5 Å². The summed E-state index contributed by atoms with van der Waals surface area (Å²) in [7, 11) is 1.53. The van der Waals surface area contributed by atoms with Gasteiger partial charge in [0.2, 0.25) is 0 Å². The van der Waals surface area contributed by atoms with Gasteiger partial charge in [-0.1, -0.05) is 25.5 Å². The second kappa shape index (κ2) is 10.8. The number of aliphatic hydroxyl groups excluding tert-OH is 1. The lowest BCUT2D eigenvalue weighted by Crippen LogP contribution is -2.18. The van der Waals surface area contributed by atoms with Crippen LogP contribution in [0.2, 0.25) is 0 Å². The molecule has 0 bridgehead atoms. The zero-order valence-corrected chi connectivity index (χ0v) is 22.2. The van der Waals surface area contributed by atoms with Crippen molar-refractivity contribution >= 4 is 27.6 Å². The second-order valence-corrected chi connectivity index (χ2v) is 9.76. The van der Waals surface area contributed by atoms with E-state index < -0.39 is 6.23 Å². The van der Waals surface area contributed by atoms with E-state index in [2.05, 4.69) is 32.4 Å². The first kappa shape index (κ1) is 25.5. The molecule has 8 nitrogen and oxygen atoms in total. The number of ether oxygens (including phenoxy) is 1. The maximum absolute atomic E-state index is 14.3. The molecule has 2 aromatic carbocycles. The number of nitrogens with one attached hydrogen (secondary N) is 3. The predicted octanol–water partition coefficient (Wildman–Crippen LogP) is 6.90. The molecule has 0 spiro atoms. The van der Waals surface area contributed by atoms with Crippen molar-refractivity contribution in [2.45, 2.75) is 32.4 Å². The van der Waals surface area contributed by atoms with Crippen molar-refractivity contribution < 1.29 is 14.2 Å². The molecule has 0 amide bonds. The topological polar surface area (TPSA) is 112 Å². The van der Waals surface area contributed by atoms with Crippen LogP contribution in [0.25, 0.3) is 55.7 Å². The summed E-state index contributed by atoms with van der Waals surface area (Å²) in [6.45, 7) is 2.09. The smallest absolute Gasteiger partial charge is 0.135 e. The molecule has 202 valence electrons. The minimum absolute atomic E-state index is 0.360. The molecule has 0 aliphatic carbocycles. The number of fused-ring (bicyclic) bond motifs is 2. The molecule has 6 aromatic rings. The number of hydrogen-bond acceptors (Lipinski definition) is 6. The molecule has 0 aliphatic rings. The number of hydrogen-bond donors (Lipinski definition) is 4. The number of nitrogens with zero attached hydrogens (tertiary/aromatic N) is 3. The van der Waals surface area contributed by atoms with E-state index in [0.29, 0.717) is 23.4 Å². The summed E-state index contributed by atoms with van der Waals surface area (Å²) in [6.07, 6.45) is 5.44. The van der Waals surface area contributed by atoms with Gasteiger partial charge in [0.15, 0.2) is 0 Å². The number of rotatable bonds is 9. The number of pyridine rings is 2. The standard InChI is InChI=1S/C31H29FN6O2/c1-3-4-8-29(39)34-21-12-19(16-33-17-21)25-9-10-27-30(36-25)31(38-37-27)28-15-24-23(6-5-7-26(24)35-28)18-11-20(32)14-22(13-18)40-2/h5-7,9-17,29,34-35,39H,3-4,8H2,1-2H3,(H,37,38). The van der Waals surface area contributed by atoms with Crippen LogP contribution in [0.1, 0.15) is 26.2 Å². The molecule has 0 saturated heterocycles. The molecule has 0 aliphatic heterocycles. The van der Waals surface area contributed by atoms with Crippen LogP contribution in [0.15, 0.2) is 73.1 Å². The van der Waals surface area contributed by atoms with Gasteiger partial charge in [0.25, 0.3) is 0 Å². The number of methoxy groups -OCH3 is 1. The predicted molar refractivity (Wildman–Crippen MR) is 156 cm³/mol. The fourth-order valence-electron chi connectivity index (χ4n) is 4.94. The second-order valence-electron chi connectivity index (χ2n) is 9.76. The zero-order chi connectivity index (χ0) is 27.6. The number of anilines is 1. The van der Waals surface area contributed by atoms with E-state index in [-0.39, 0.29) is 5.82 Å². The van der Waals surface area contributed by atoms with Gasteiger partial charge in [-0.3, -0.25) is 10.1 Å². The number of H-pyrrole nitrogens is 2. The molecule has 4 N–H and O–H groups in total. The van der Waals surface area contributed by atoms with Crippen LogP contribution in [0.4, 0.5) is 10.1 Å². The molecular weight excluding hydrogens is 507 g/mol. The van der Waals surface area contributed by atoms with Gasteiger partial charge in [0, 0.05) is 28.7 Å². The third kappa shape index (κ3) is 4.99. The highest BCUT2D eigenvalue weighted by molar-refractivity contribution is 6.00. The van der Waals surface area contributed by atoms with E-state index in [9.17, 15) is 9.50 Å². The van der Waals surface area contributed by atoms with Gasteiger partial charge in [-0.25, -0.2) is 9.37 Å². The molecule has 4 heterocycles. The maximum Gasteiger partial charge on any atom is 0.135 e. The van der Waals surface area contributed by atoms with E-state index in [0.717, 1.165) is 63.0 Å². The highest BCUT2D eigenvalue weighted by atomic mass is 19.1. The summed E-state index contributed by atoms with van der Waals surface area (Å²) >= 11 is 0. The van der Waals surface area contributed by atoms with Crippen molar-refractivity contribution in [3.05, 3.63) is 78.9 Å².